The zero-order chi connectivity index (χ0) is 14.4. The minimum absolute atomic E-state index is 0.536. The highest BCUT2D eigenvalue weighted by atomic mass is 15.1. The molecule has 1 aromatic rings. The smallest absolute Gasteiger partial charge is 0.0361 e. The van der Waals surface area contributed by atoms with Crippen molar-refractivity contribution in [3.05, 3.63) is 29.8 Å². The summed E-state index contributed by atoms with van der Waals surface area (Å²) in [6.07, 6.45) is 8.43. The van der Waals surface area contributed by atoms with E-state index >= 15 is 0 Å². The molecule has 1 aliphatic rings. The number of nitrogens with one attached hydrogen (secondary N) is 1. The summed E-state index contributed by atoms with van der Waals surface area (Å²) in [5.74, 6) is 0.808. The fraction of sp³-hybridized carbons (Fsp3) is 0.667. The van der Waals surface area contributed by atoms with Gasteiger partial charge in [0, 0.05) is 25.8 Å². The fourth-order valence-corrected chi connectivity index (χ4v) is 3.40. The molecule has 0 heterocycles. The van der Waals surface area contributed by atoms with Crippen molar-refractivity contribution < 1.29 is 0 Å². The van der Waals surface area contributed by atoms with E-state index in [9.17, 15) is 0 Å². The Labute approximate surface area is 124 Å². The third-order valence-corrected chi connectivity index (χ3v) is 4.56. The van der Waals surface area contributed by atoms with Gasteiger partial charge in [0.2, 0.25) is 0 Å². The van der Waals surface area contributed by atoms with Crippen LogP contribution in [-0.2, 0) is 0 Å². The standard InChI is InChI=1S/C18H30N2/c1-4-19-18(15-9-7-5-6-8-10-15)16-11-13-17(14-12-16)20(2)3/h11-15,18-19H,4-10H2,1-3H3. The molecule has 1 atom stereocenters. The van der Waals surface area contributed by atoms with E-state index in [-0.39, 0.29) is 0 Å². The minimum atomic E-state index is 0.536. The molecule has 20 heavy (non-hydrogen) atoms. The Bertz CT molecular complexity index is 375. The van der Waals surface area contributed by atoms with E-state index in [1.807, 2.05) is 0 Å². The van der Waals surface area contributed by atoms with Gasteiger partial charge in [-0.2, -0.15) is 0 Å². The lowest BCUT2D eigenvalue weighted by Gasteiger charge is -2.28. The molecule has 1 fully saturated rings. The van der Waals surface area contributed by atoms with Crippen LogP contribution in [0.3, 0.4) is 0 Å². The second-order valence-corrected chi connectivity index (χ2v) is 6.27. The molecule has 0 radical (unpaired) electrons. The number of hydrogen-bond acceptors (Lipinski definition) is 2. The lowest BCUT2D eigenvalue weighted by Crippen LogP contribution is -2.28. The lowest BCUT2D eigenvalue weighted by molar-refractivity contribution is 0.330. The molecule has 2 rings (SSSR count). The van der Waals surface area contributed by atoms with Crippen molar-refractivity contribution in [3.8, 4) is 0 Å². The molecule has 0 amide bonds. The average Bonchev–Trinajstić information content (AvgIpc) is 2.74. The Morgan fingerprint density at radius 2 is 1.65 bits per heavy atom. The maximum Gasteiger partial charge on any atom is 0.0361 e. The Morgan fingerprint density at radius 1 is 1.05 bits per heavy atom. The molecule has 1 aromatic carbocycles. The van der Waals surface area contributed by atoms with Crippen molar-refractivity contribution in [2.24, 2.45) is 5.92 Å². The number of anilines is 1. The quantitative estimate of drug-likeness (QED) is 0.802. The van der Waals surface area contributed by atoms with E-state index in [0.717, 1.165) is 12.5 Å². The summed E-state index contributed by atoms with van der Waals surface area (Å²) in [4.78, 5) is 2.16. The van der Waals surface area contributed by atoms with Crippen LogP contribution in [0.2, 0.25) is 0 Å². The van der Waals surface area contributed by atoms with Gasteiger partial charge in [0.1, 0.15) is 0 Å². The lowest BCUT2D eigenvalue weighted by atomic mass is 9.87. The topological polar surface area (TPSA) is 15.3 Å². The summed E-state index contributed by atoms with van der Waals surface area (Å²) >= 11 is 0. The molecule has 1 saturated carbocycles. The van der Waals surface area contributed by atoms with Crippen LogP contribution in [0.5, 0.6) is 0 Å². The Morgan fingerprint density at radius 3 is 2.15 bits per heavy atom. The largest absolute Gasteiger partial charge is 0.378 e. The van der Waals surface area contributed by atoms with Gasteiger partial charge in [-0.15, -0.1) is 0 Å². The van der Waals surface area contributed by atoms with E-state index < -0.39 is 0 Å². The van der Waals surface area contributed by atoms with Crippen molar-refractivity contribution in [1.29, 1.82) is 0 Å². The molecule has 1 N–H and O–H groups in total. The fourth-order valence-electron chi connectivity index (χ4n) is 3.40. The summed E-state index contributed by atoms with van der Waals surface area (Å²) < 4.78 is 0. The zero-order valence-electron chi connectivity index (χ0n) is 13.4. The summed E-state index contributed by atoms with van der Waals surface area (Å²) in [5, 5.41) is 3.73. The normalized spacial score (nSPS) is 18.6. The van der Waals surface area contributed by atoms with E-state index in [2.05, 4.69) is 55.5 Å². The van der Waals surface area contributed by atoms with Crippen molar-refractivity contribution >= 4 is 5.69 Å². The van der Waals surface area contributed by atoms with E-state index in [0.29, 0.717) is 6.04 Å². The first-order valence-electron chi connectivity index (χ1n) is 8.23. The van der Waals surface area contributed by atoms with Gasteiger partial charge in [-0.25, -0.2) is 0 Å². The highest BCUT2D eigenvalue weighted by Gasteiger charge is 2.23. The molecule has 0 bridgehead atoms. The minimum Gasteiger partial charge on any atom is -0.378 e. The monoisotopic (exact) mass is 274 g/mol. The van der Waals surface area contributed by atoms with Crippen LogP contribution in [-0.4, -0.2) is 20.6 Å². The summed E-state index contributed by atoms with van der Waals surface area (Å²) in [6, 6.07) is 9.66. The molecule has 1 unspecified atom stereocenters. The predicted octanol–water partition coefficient (Wildman–Crippen LogP) is 4.37. The third-order valence-electron chi connectivity index (χ3n) is 4.56. The van der Waals surface area contributed by atoms with Crippen LogP contribution < -0.4 is 10.2 Å². The van der Waals surface area contributed by atoms with Gasteiger partial charge < -0.3 is 10.2 Å². The molecule has 1 aliphatic carbocycles. The number of benzene rings is 1. The first kappa shape index (κ1) is 15.4. The third kappa shape index (κ3) is 3.99. The molecular formula is C18H30N2. The highest BCUT2D eigenvalue weighted by molar-refractivity contribution is 5.46. The van der Waals surface area contributed by atoms with Crippen molar-refractivity contribution in [2.45, 2.75) is 51.5 Å². The maximum atomic E-state index is 3.73. The molecule has 2 heteroatoms. The van der Waals surface area contributed by atoms with Gasteiger partial charge in [0.25, 0.3) is 0 Å². The van der Waals surface area contributed by atoms with Crippen molar-refractivity contribution in [1.82, 2.24) is 5.32 Å². The second-order valence-electron chi connectivity index (χ2n) is 6.27. The average molecular weight is 274 g/mol. The van der Waals surface area contributed by atoms with Crippen LogP contribution in [0.1, 0.15) is 57.1 Å². The Kier molecular flexibility index (Phi) is 5.90. The number of rotatable bonds is 5. The Hall–Kier alpha value is -1.02. The molecule has 112 valence electrons. The SMILES string of the molecule is CCNC(c1ccc(N(C)C)cc1)C1CCCCCC1. The molecule has 0 spiro atoms. The zero-order valence-corrected chi connectivity index (χ0v) is 13.4. The van der Waals surface area contributed by atoms with Crippen LogP contribution in [0, 0.1) is 5.92 Å². The number of nitrogens with zero attached hydrogens (tertiary/aromatic N) is 1. The molecule has 0 aliphatic heterocycles. The Balaban J connectivity index is 2.13. The summed E-state index contributed by atoms with van der Waals surface area (Å²) in [5.41, 5.74) is 2.74. The van der Waals surface area contributed by atoms with Crippen molar-refractivity contribution in [2.75, 3.05) is 25.5 Å². The van der Waals surface area contributed by atoms with Gasteiger partial charge in [-0.1, -0.05) is 44.7 Å². The van der Waals surface area contributed by atoms with Gasteiger partial charge in [-0.05, 0) is 43.0 Å². The molecular weight excluding hydrogens is 244 g/mol. The molecule has 2 nitrogen and oxygen atoms in total. The summed E-state index contributed by atoms with van der Waals surface area (Å²) in [6.45, 7) is 3.27. The predicted molar refractivity (Wildman–Crippen MR) is 88.4 cm³/mol. The van der Waals surface area contributed by atoms with E-state index in [1.165, 1.54) is 49.8 Å². The van der Waals surface area contributed by atoms with E-state index in [4.69, 9.17) is 0 Å². The summed E-state index contributed by atoms with van der Waals surface area (Å²) in [7, 11) is 4.20. The highest BCUT2D eigenvalue weighted by Crippen LogP contribution is 2.34. The second kappa shape index (κ2) is 7.68. The van der Waals surface area contributed by atoms with Gasteiger partial charge >= 0.3 is 0 Å². The maximum absolute atomic E-state index is 3.73. The van der Waals surface area contributed by atoms with Crippen molar-refractivity contribution in [3.63, 3.8) is 0 Å². The van der Waals surface area contributed by atoms with Crippen LogP contribution in [0.4, 0.5) is 5.69 Å². The number of hydrogen-bond donors (Lipinski definition) is 1. The van der Waals surface area contributed by atoms with E-state index in [1.54, 1.807) is 0 Å². The van der Waals surface area contributed by atoms with Gasteiger partial charge in [-0.3, -0.25) is 0 Å². The van der Waals surface area contributed by atoms with Crippen LogP contribution >= 0.6 is 0 Å². The molecule has 0 saturated heterocycles. The van der Waals surface area contributed by atoms with Crippen LogP contribution in [0.15, 0.2) is 24.3 Å². The molecule has 0 aromatic heterocycles. The first-order chi connectivity index (χ1) is 9.72. The first-order valence-corrected chi connectivity index (χ1v) is 8.23. The van der Waals surface area contributed by atoms with Crippen LogP contribution in [0.25, 0.3) is 0 Å². The van der Waals surface area contributed by atoms with Gasteiger partial charge in [0.15, 0.2) is 0 Å². The van der Waals surface area contributed by atoms with Gasteiger partial charge in [0.05, 0.1) is 0 Å².